The number of halogens is 1. The second kappa shape index (κ2) is 8.78. The molecule has 10 heteroatoms. The quantitative estimate of drug-likeness (QED) is 0.548. The van der Waals surface area contributed by atoms with Gasteiger partial charge in [-0.05, 0) is 43.2 Å². The molecule has 1 fully saturated rings. The molecule has 0 aromatic heterocycles. The van der Waals surface area contributed by atoms with Crippen LogP contribution in [0.1, 0.15) is 23.2 Å². The Hall–Kier alpha value is -3.33. The molecule has 152 valence electrons. The summed E-state index contributed by atoms with van der Waals surface area (Å²) in [7, 11) is 1.38. The third kappa shape index (κ3) is 4.75. The molecule has 2 amide bonds. The number of methoxy groups -OCH3 is 1. The van der Waals surface area contributed by atoms with E-state index in [1.807, 2.05) is 0 Å². The van der Waals surface area contributed by atoms with Crippen LogP contribution in [0, 0.1) is 10.1 Å². The molecule has 0 saturated carbocycles. The average molecular weight is 420 g/mol. The van der Waals surface area contributed by atoms with E-state index in [-0.39, 0.29) is 39.4 Å². The number of carbonyl (C=O) groups excluding carboxylic acids is 2. The Morgan fingerprint density at radius 3 is 2.69 bits per heavy atom. The van der Waals surface area contributed by atoms with E-state index in [1.54, 1.807) is 0 Å². The molecule has 9 nitrogen and oxygen atoms in total. The molecule has 1 unspecified atom stereocenters. The summed E-state index contributed by atoms with van der Waals surface area (Å²) < 4.78 is 10.9. The predicted octanol–water partition coefficient (Wildman–Crippen LogP) is 3.06. The third-order valence-electron chi connectivity index (χ3n) is 4.35. The van der Waals surface area contributed by atoms with Crippen molar-refractivity contribution in [2.45, 2.75) is 18.9 Å². The van der Waals surface area contributed by atoms with E-state index in [0.29, 0.717) is 13.0 Å². The molecule has 1 aliphatic rings. The SMILES string of the molecule is COc1cc(C(=O)NC2CCCNC2=O)ccc1Oc1ccc(Cl)cc1[N+](=O)[O-]. The maximum atomic E-state index is 12.5. The molecule has 0 radical (unpaired) electrons. The number of nitrogens with zero attached hydrogens (tertiary/aromatic N) is 1. The molecular weight excluding hydrogens is 402 g/mol. The van der Waals surface area contributed by atoms with Crippen LogP contribution >= 0.6 is 11.6 Å². The minimum absolute atomic E-state index is 0.0196. The molecule has 0 bridgehead atoms. The lowest BCUT2D eigenvalue weighted by atomic mass is 10.1. The molecule has 0 aliphatic carbocycles. The van der Waals surface area contributed by atoms with Gasteiger partial charge in [0.2, 0.25) is 11.7 Å². The van der Waals surface area contributed by atoms with Gasteiger partial charge in [0.05, 0.1) is 12.0 Å². The summed E-state index contributed by atoms with van der Waals surface area (Å²) in [6.45, 7) is 0.599. The fourth-order valence-corrected chi connectivity index (χ4v) is 3.05. The molecule has 1 atom stereocenters. The molecule has 0 spiro atoms. The summed E-state index contributed by atoms with van der Waals surface area (Å²) in [6.07, 6.45) is 1.35. The van der Waals surface area contributed by atoms with Gasteiger partial charge in [0.1, 0.15) is 6.04 Å². The van der Waals surface area contributed by atoms with E-state index in [9.17, 15) is 19.7 Å². The topological polar surface area (TPSA) is 120 Å². The Kier molecular flexibility index (Phi) is 6.18. The van der Waals surface area contributed by atoms with E-state index < -0.39 is 16.9 Å². The first kappa shape index (κ1) is 20.4. The number of rotatable bonds is 6. The van der Waals surface area contributed by atoms with Crippen molar-refractivity contribution in [3.05, 3.63) is 57.1 Å². The maximum Gasteiger partial charge on any atom is 0.313 e. The van der Waals surface area contributed by atoms with Crippen molar-refractivity contribution in [1.29, 1.82) is 0 Å². The Balaban J connectivity index is 1.81. The fraction of sp³-hybridized carbons (Fsp3) is 0.263. The minimum atomic E-state index is -0.606. The molecule has 1 aliphatic heterocycles. The second-order valence-corrected chi connectivity index (χ2v) is 6.73. The lowest BCUT2D eigenvalue weighted by Crippen LogP contribution is -2.50. The van der Waals surface area contributed by atoms with Crippen LogP contribution in [0.5, 0.6) is 17.2 Å². The van der Waals surface area contributed by atoms with Crippen molar-refractivity contribution in [2.75, 3.05) is 13.7 Å². The van der Waals surface area contributed by atoms with Gasteiger partial charge in [-0.1, -0.05) is 11.6 Å². The van der Waals surface area contributed by atoms with Gasteiger partial charge in [-0.2, -0.15) is 0 Å². The highest BCUT2D eigenvalue weighted by Gasteiger charge is 2.25. The second-order valence-electron chi connectivity index (χ2n) is 6.30. The highest BCUT2D eigenvalue weighted by atomic mass is 35.5. The van der Waals surface area contributed by atoms with Crippen LogP contribution in [0.2, 0.25) is 5.02 Å². The number of nitro benzene ring substituents is 1. The number of hydrogen-bond acceptors (Lipinski definition) is 6. The largest absolute Gasteiger partial charge is 0.493 e. The van der Waals surface area contributed by atoms with Gasteiger partial charge < -0.3 is 20.1 Å². The van der Waals surface area contributed by atoms with Crippen LogP contribution < -0.4 is 20.1 Å². The number of benzene rings is 2. The number of piperidine rings is 1. The summed E-state index contributed by atoms with van der Waals surface area (Å²) >= 11 is 5.81. The first-order valence-electron chi connectivity index (χ1n) is 8.77. The van der Waals surface area contributed by atoms with Crippen molar-refractivity contribution in [2.24, 2.45) is 0 Å². The molecule has 29 heavy (non-hydrogen) atoms. The van der Waals surface area contributed by atoms with Crippen LogP contribution in [0.25, 0.3) is 0 Å². The molecule has 1 heterocycles. The molecule has 1 saturated heterocycles. The zero-order valence-electron chi connectivity index (χ0n) is 15.4. The Morgan fingerprint density at radius 1 is 1.24 bits per heavy atom. The molecule has 3 rings (SSSR count). The van der Waals surface area contributed by atoms with Crippen LogP contribution in [0.4, 0.5) is 5.69 Å². The molecule has 2 N–H and O–H groups in total. The predicted molar refractivity (Wildman–Crippen MR) is 105 cm³/mol. The first-order valence-corrected chi connectivity index (χ1v) is 9.15. The lowest BCUT2D eigenvalue weighted by Gasteiger charge is -2.22. The molecule has 2 aromatic carbocycles. The zero-order valence-corrected chi connectivity index (χ0v) is 16.2. The standard InChI is InChI=1S/C19H18ClN3O6/c1-28-17-9-11(18(24)22-13-3-2-8-21-19(13)25)4-6-16(17)29-15-7-5-12(20)10-14(15)23(26)27/h4-7,9-10,13H,2-3,8H2,1H3,(H,21,25)(H,22,24). The van der Waals surface area contributed by atoms with Crippen molar-refractivity contribution >= 4 is 29.1 Å². The monoisotopic (exact) mass is 419 g/mol. The third-order valence-corrected chi connectivity index (χ3v) is 4.59. The van der Waals surface area contributed by atoms with Gasteiger partial charge in [0, 0.05) is 23.2 Å². The van der Waals surface area contributed by atoms with Crippen LogP contribution in [-0.4, -0.2) is 36.4 Å². The van der Waals surface area contributed by atoms with Gasteiger partial charge in [-0.25, -0.2) is 0 Å². The first-order chi connectivity index (χ1) is 13.9. The van der Waals surface area contributed by atoms with Crippen LogP contribution in [-0.2, 0) is 4.79 Å². The van der Waals surface area contributed by atoms with Gasteiger partial charge in [-0.15, -0.1) is 0 Å². The van der Waals surface area contributed by atoms with Gasteiger partial charge >= 0.3 is 5.69 Å². The minimum Gasteiger partial charge on any atom is -0.493 e. The van der Waals surface area contributed by atoms with Gasteiger partial charge in [0.15, 0.2) is 11.5 Å². The molecule has 2 aromatic rings. The van der Waals surface area contributed by atoms with Gasteiger partial charge in [-0.3, -0.25) is 19.7 Å². The maximum absolute atomic E-state index is 12.5. The van der Waals surface area contributed by atoms with E-state index in [2.05, 4.69) is 10.6 Å². The Morgan fingerprint density at radius 2 is 2.00 bits per heavy atom. The van der Waals surface area contributed by atoms with Crippen LogP contribution in [0.15, 0.2) is 36.4 Å². The van der Waals surface area contributed by atoms with Crippen molar-refractivity contribution < 1.29 is 24.0 Å². The Labute approximate surface area is 171 Å². The Bertz CT molecular complexity index is 965. The summed E-state index contributed by atoms with van der Waals surface area (Å²) in [5.41, 5.74) is -0.0390. The highest BCUT2D eigenvalue weighted by Crippen LogP contribution is 2.37. The normalized spacial score (nSPS) is 15.9. The zero-order chi connectivity index (χ0) is 21.0. The lowest BCUT2D eigenvalue weighted by molar-refractivity contribution is -0.385. The van der Waals surface area contributed by atoms with Crippen molar-refractivity contribution in [1.82, 2.24) is 10.6 Å². The number of ether oxygens (including phenoxy) is 2. The van der Waals surface area contributed by atoms with E-state index in [4.69, 9.17) is 21.1 Å². The number of hydrogen-bond donors (Lipinski definition) is 2. The van der Waals surface area contributed by atoms with Gasteiger partial charge in [0.25, 0.3) is 5.91 Å². The highest BCUT2D eigenvalue weighted by molar-refractivity contribution is 6.30. The molecular formula is C19H18ClN3O6. The summed E-state index contributed by atoms with van der Waals surface area (Å²) in [6, 6.07) is 7.82. The number of amides is 2. The van der Waals surface area contributed by atoms with E-state index >= 15 is 0 Å². The number of nitrogens with one attached hydrogen (secondary N) is 2. The van der Waals surface area contributed by atoms with E-state index in [0.717, 1.165) is 6.42 Å². The summed E-state index contributed by atoms with van der Waals surface area (Å²) in [4.78, 5) is 34.9. The van der Waals surface area contributed by atoms with Crippen LogP contribution in [0.3, 0.4) is 0 Å². The van der Waals surface area contributed by atoms with Crippen molar-refractivity contribution in [3.8, 4) is 17.2 Å². The van der Waals surface area contributed by atoms with E-state index in [1.165, 1.54) is 43.5 Å². The number of nitro groups is 1. The number of carbonyl (C=O) groups is 2. The summed E-state index contributed by atoms with van der Waals surface area (Å²) in [5, 5.41) is 16.8. The summed E-state index contributed by atoms with van der Waals surface area (Å²) in [5.74, 6) is -0.283. The smallest absolute Gasteiger partial charge is 0.313 e. The average Bonchev–Trinajstić information content (AvgIpc) is 2.71. The van der Waals surface area contributed by atoms with Crippen molar-refractivity contribution in [3.63, 3.8) is 0 Å². The fourth-order valence-electron chi connectivity index (χ4n) is 2.88.